The Balaban J connectivity index is 2.28. The Labute approximate surface area is 120 Å². The summed E-state index contributed by atoms with van der Waals surface area (Å²) in [6, 6.07) is 6.16. The average molecular weight is 278 g/mol. The lowest BCUT2D eigenvalue weighted by atomic mass is 9.96. The number of rotatable bonds is 4. The number of aryl methyl sites for hydroxylation is 1. The molecule has 0 aliphatic carbocycles. The van der Waals surface area contributed by atoms with Gasteiger partial charge in [0.2, 0.25) is 0 Å². The maximum atomic E-state index is 5.86. The molecule has 1 heterocycles. The van der Waals surface area contributed by atoms with E-state index in [4.69, 9.17) is 22.7 Å². The molecule has 1 aliphatic heterocycles. The van der Waals surface area contributed by atoms with E-state index in [1.807, 2.05) is 12.1 Å². The standard InChI is InChI=1S/C15H22N2OS/c1-11-5-3-7-13(15(16)19)14(11)17-8-4-6-12(9-17)10-18-2/h3,5,7,12H,4,6,8-10H2,1-2H3,(H2,16,19). The number of para-hydroxylation sites is 1. The number of methoxy groups -OCH3 is 1. The van der Waals surface area contributed by atoms with E-state index in [0.29, 0.717) is 10.9 Å². The summed E-state index contributed by atoms with van der Waals surface area (Å²) in [4.78, 5) is 2.89. The molecule has 2 rings (SSSR count). The summed E-state index contributed by atoms with van der Waals surface area (Å²) < 4.78 is 5.30. The molecule has 19 heavy (non-hydrogen) atoms. The van der Waals surface area contributed by atoms with Crippen molar-refractivity contribution in [2.24, 2.45) is 11.7 Å². The molecule has 1 aromatic rings. The van der Waals surface area contributed by atoms with Crippen LogP contribution in [0.5, 0.6) is 0 Å². The molecule has 0 spiro atoms. The normalized spacial score (nSPS) is 19.5. The molecule has 1 aliphatic rings. The van der Waals surface area contributed by atoms with Crippen LogP contribution >= 0.6 is 12.2 Å². The molecule has 1 aromatic carbocycles. The van der Waals surface area contributed by atoms with Gasteiger partial charge >= 0.3 is 0 Å². The number of nitrogens with zero attached hydrogens (tertiary/aromatic N) is 1. The van der Waals surface area contributed by atoms with Crippen LogP contribution in [0, 0.1) is 12.8 Å². The molecule has 104 valence electrons. The number of thiocarbonyl (C=S) groups is 1. The second-order valence-electron chi connectivity index (χ2n) is 5.24. The molecule has 0 aromatic heterocycles. The zero-order valence-corrected chi connectivity index (χ0v) is 12.5. The fourth-order valence-electron chi connectivity index (χ4n) is 2.92. The molecule has 1 unspecified atom stereocenters. The predicted molar refractivity (Wildman–Crippen MR) is 83.9 cm³/mol. The zero-order valence-electron chi connectivity index (χ0n) is 11.7. The van der Waals surface area contributed by atoms with Crippen molar-refractivity contribution in [1.29, 1.82) is 0 Å². The number of hydrogen-bond donors (Lipinski definition) is 1. The predicted octanol–water partition coefficient (Wildman–Crippen LogP) is 2.49. The molecule has 0 radical (unpaired) electrons. The van der Waals surface area contributed by atoms with Crippen LogP contribution in [0.15, 0.2) is 18.2 Å². The van der Waals surface area contributed by atoms with Gasteiger partial charge in [0.1, 0.15) is 4.99 Å². The van der Waals surface area contributed by atoms with Crippen molar-refractivity contribution in [3.8, 4) is 0 Å². The first-order valence-electron chi connectivity index (χ1n) is 6.76. The summed E-state index contributed by atoms with van der Waals surface area (Å²) >= 11 is 5.19. The van der Waals surface area contributed by atoms with E-state index in [-0.39, 0.29) is 0 Å². The maximum absolute atomic E-state index is 5.86. The van der Waals surface area contributed by atoms with E-state index in [0.717, 1.165) is 25.3 Å². The van der Waals surface area contributed by atoms with Crippen LogP contribution in [0.3, 0.4) is 0 Å². The van der Waals surface area contributed by atoms with Crippen LogP contribution in [0.4, 0.5) is 5.69 Å². The van der Waals surface area contributed by atoms with E-state index >= 15 is 0 Å². The van der Waals surface area contributed by atoms with Crippen LogP contribution in [-0.4, -0.2) is 31.8 Å². The minimum absolute atomic E-state index is 0.479. The summed E-state index contributed by atoms with van der Waals surface area (Å²) in [6.45, 7) is 5.04. The van der Waals surface area contributed by atoms with Crippen molar-refractivity contribution in [2.75, 3.05) is 31.7 Å². The SMILES string of the molecule is COCC1CCCN(c2c(C)cccc2C(N)=S)C1. The van der Waals surface area contributed by atoms with Gasteiger partial charge in [-0.25, -0.2) is 0 Å². The highest BCUT2D eigenvalue weighted by molar-refractivity contribution is 7.80. The molecule has 1 atom stereocenters. The summed E-state index contributed by atoms with van der Waals surface area (Å²) in [5.74, 6) is 0.595. The molecule has 4 heteroatoms. The van der Waals surface area contributed by atoms with E-state index in [2.05, 4.69) is 17.9 Å². The Hall–Kier alpha value is -1.13. The average Bonchev–Trinajstić information content (AvgIpc) is 2.39. The highest BCUT2D eigenvalue weighted by atomic mass is 32.1. The molecule has 0 bridgehead atoms. The monoisotopic (exact) mass is 278 g/mol. The van der Waals surface area contributed by atoms with Crippen molar-refractivity contribution < 1.29 is 4.74 Å². The summed E-state index contributed by atoms with van der Waals surface area (Å²) in [5, 5.41) is 0. The van der Waals surface area contributed by atoms with Gasteiger partial charge in [0.05, 0.1) is 6.61 Å². The van der Waals surface area contributed by atoms with Gasteiger partial charge in [-0.1, -0.05) is 24.4 Å². The van der Waals surface area contributed by atoms with Crippen molar-refractivity contribution >= 4 is 22.9 Å². The number of benzene rings is 1. The quantitative estimate of drug-likeness (QED) is 0.859. The fraction of sp³-hybridized carbons (Fsp3) is 0.533. The van der Waals surface area contributed by atoms with E-state index in [1.54, 1.807) is 7.11 Å². The third-order valence-electron chi connectivity index (χ3n) is 3.74. The molecule has 0 amide bonds. The lowest BCUT2D eigenvalue weighted by Gasteiger charge is -2.36. The summed E-state index contributed by atoms with van der Waals surface area (Å²) in [5.41, 5.74) is 9.30. The molecule has 2 N–H and O–H groups in total. The lowest BCUT2D eigenvalue weighted by Crippen LogP contribution is -2.38. The first kappa shape index (κ1) is 14.3. The minimum atomic E-state index is 0.479. The second-order valence-corrected chi connectivity index (χ2v) is 5.68. The van der Waals surface area contributed by atoms with Crippen molar-refractivity contribution in [3.63, 3.8) is 0 Å². The van der Waals surface area contributed by atoms with Crippen LogP contribution in [0.25, 0.3) is 0 Å². The molecule has 3 nitrogen and oxygen atoms in total. The number of anilines is 1. The molecule has 0 saturated carbocycles. The first-order valence-corrected chi connectivity index (χ1v) is 7.17. The van der Waals surface area contributed by atoms with E-state index in [9.17, 15) is 0 Å². The van der Waals surface area contributed by atoms with Gasteiger partial charge in [-0.3, -0.25) is 0 Å². The smallest absolute Gasteiger partial charge is 0.106 e. The van der Waals surface area contributed by atoms with Gasteiger partial charge in [0.15, 0.2) is 0 Å². The Kier molecular flexibility index (Phi) is 4.77. The summed E-state index contributed by atoms with van der Waals surface area (Å²) in [7, 11) is 1.77. The maximum Gasteiger partial charge on any atom is 0.106 e. The number of nitrogens with two attached hydrogens (primary N) is 1. The van der Waals surface area contributed by atoms with Gasteiger partial charge in [-0.15, -0.1) is 0 Å². The number of piperidine rings is 1. The number of hydrogen-bond acceptors (Lipinski definition) is 3. The fourth-order valence-corrected chi connectivity index (χ4v) is 3.08. The van der Waals surface area contributed by atoms with Crippen LogP contribution in [0.2, 0.25) is 0 Å². The molecule has 1 fully saturated rings. The third-order valence-corrected chi connectivity index (χ3v) is 3.96. The third kappa shape index (κ3) is 3.25. The second kappa shape index (κ2) is 6.35. The molecular formula is C15H22N2OS. The Bertz CT molecular complexity index is 459. The van der Waals surface area contributed by atoms with Crippen LogP contribution in [-0.2, 0) is 4.74 Å². The van der Waals surface area contributed by atoms with Gasteiger partial charge in [0.25, 0.3) is 0 Å². The van der Waals surface area contributed by atoms with Gasteiger partial charge < -0.3 is 15.4 Å². The minimum Gasteiger partial charge on any atom is -0.389 e. The highest BCUT2D eigenvalue weighted by Crippen LogP contribution is 2.29. The number of ether oxygens (including phenoxy) is 1. The van der Waals surface area contributed by atoms with Gasteiger partial charge in [-0.05, 0) is 37.3 Å². The highest BCUT2D eigenvalue weighted by Gasteiger charge is 2.23. The zero-order chi connectivity index (χ0) is 13.8. The van der Waals surface area contributed by atoms with Gasteiger partial charge in [-0.2, -0.15) is 0 Å². The Morgan fingerprint density at radius 3 is 3.00 bits per heavy atom. The Morgan fingerprint density at radius 1 is 1.53 bits per heavy atom. The molecule has 1 saturated heterocycles. The van der Waals surface area contributed by atoms with E-state index < -0.39 is 0 Å². The largest absolute Gasteiger partial charge is 0.389 e. The van der Waals surface area contributed by atoms with E-state index in [1.165, 1.54) is 24.1 Å². The van der Waals surface area contributed by atoms with Crippen molar-refractivity contribution in [2.45, 2.75) is 19.8 Å². The summed E-state index contributed by atoms with van der Waals surface area (Å²) in [6.07, 6.45) is 2.43. The van der Waals surface area contributed by atoms with Gasteiger partial charge in [0, 0.05) is 31.5 Å². The van der Waals surface area contributed by atoms with Crippen LogP contribution < -0.4 is 10.6 Å². The van der Waals surface area contributed by atoms with Crippen molar-refractivity contribution in [1.82, 2.24) is 0 Å². The topological polar surface area (TPSA) is 38.5 Å². The molecular weight excluding hydrogens is 256 g/mol. The Morgan fingerprint density at radius 2 is 2.32 bits per heavy atom. The first-order chi connectivity index (χ1) is 9.13. The van der Waals surface area contributed by atoms with Crippen LogP contribution in [0.1, 0.15) is 24.0 Å². The lowest BCUT2D eigenvalue weighted by molar-refractivity contribution is 0.143. The van der Waals surface area contributed by atoms with Crippen molar-refractivity contribution in [3.05, 3.63) is 29.3 Å².